The van der Waals surface area contributed by atoms with Crippen molar-refractivity contribution in [2.45, 2.75) is 18.3 Å². The zero-order chi connectivity index (χ0) is 10.9. The molecule has 1 aromatic carbocycles. The van der Waals surface area contributed by atoms with Gasteiger partial charge in [0.25, 0.3) is 0 Å². The number of hydrogen-bond acceptors (Lipinski definition) is 3. The number of aromatic hydroxyl groups is 1. The zero-order valence-corrected chi connectivity index (χ0v) is 9.21. The van der Waals surface area contributed by atoms with E-state index in [1.807, 2.05) is 19.2 Å². The summed E-state index contributed by atoms with van der Waals surface area (Å²) in [6.45, 7) is 0.937. The fourth-order valence-electron chi connectivity index (χ4n) is 2.14. The van der Waals surface area contributed by atoms with Gasteiger partial charge < -0.3 is 15.2 Å². The number of hydrogen-bond donors (Lipinski definition) is 2. The van der Waals surface area contributed by atoms with Gasteiger partial charge in [-0.05, 0) is 38.1 Å². The Morgan fingerprint density at radius 1 is 1.47 bits per heavy atom. The lowest BCUT2D eigenvalue weighted by molar-refractivity contribution is 0.399. The van der Waals surface area contributed by atoms with E-state index >= 15 is 0 Å². The van der Waals surface area contributed by atoms with Crippen molar-refractivity contribution in [1.29, 1.82) is 0 Å². The van der Waals surface area contributed by atoms with Crippen LogP contribution in [-0.2, 0) is 5.41 Å². The largest absolute Gasteiger partial charge is 0.508 e. The average molecular weight is 207 g/mol. The Morgan fingerprint density at radius 2 is 2.20 bits per heavy atom. The summed E-state index contributed by atoms with van der Waals surface area (Å²) >= 11 is 0. The molecule has 1 saturated carbocycles. The van der Waals surface area contributed by atoms with Gasteiger partial charge in [0, 0.05) is 17.5 Å². The number of methoxy groups -OCH3 is 1. The smallest absolute Gasteiger partial charge is 0.122 e. The van der Waals surface area contributed by atoms with Crippen molar-refractivity contribution < 1.29 is 9.84 Å². The van der Waals surface area contributed by atoms with E-state index in [9.17, 15) is 5.11 Å². The Kier molecular flexibility index (Phi) is 2.57. The van der Waals surface area contributed by atoms with Gasteiger partial charge in [-0.2, -0.15) is 0 Å². The van der Waals surface area contributed by atoms with Crippen LogP contribution in [0.4, 0.5) is 0 Å². The van der Waals surface area contributed by atoms with Gasteiger partial charge in [0.1, 0.15) is 11.5 Å². The first-order valence-corrected chi connectivity index (χ1v) is 5.24. The standard InChI is InChI=1S/C12H17NO2/c1-13-8-12(5-6-12)10-7-9(14)3-4-11(10)15-2/h3-4,7,13-14H,5-6,8H2,1-2H3. The van der Waals surface area contributed by atoms with Gasteiger partial charge in [0.2, 0.25) is 0 Å². The van der Waals surface area contributed by atoms with Gasteiger partial charge >= 0.3 is 0 Å². The third kappa shape index (κ3) is 1.79. The molecule has 0 aliphatic heterocycles. The average Bonchev–Trinajstić information content (AvgIpc) is 2.99. The van der Waals surface area contributed by atoms with Crippen molar-refractivity contribution in [3.05, 3.63) is 23.8 Å². The molecule has 1 aliphatic carbocycles. The minimum Gasteiger partial charge on any atom is -0.508 e. The lowest BCUT2D eigenvalue weighted by Crippen LogP contribution is -2.24. The summed E-state index contributed by atoms with van der Waals surface area (Å²) in [6, 6.07) is 5.32. The van der Waals surface area contributed by atoms with E-state index < -0.39 is 0 Å². The fourth-order valence-corrected chi connectivity index (χ4v) is 2.14. The molecule has 0 bridgehead atoms. The highest BCUT2D eigenvalue weighted by Crippen LogP contribution is 2.51. The molecule has 2 N–H and O–H groups in total. The van der Waals surface area contributed by atoms with E-state index in [1.165, 1.54) is 0 Å². The predicted molar refractivity (Wildman–Crippen MR) is 59.5 cm³/mol. The summed E-state index contributed by atoms with van der Waals surface area (Å²) in [5.41, 5.74) is 1.30. The lowest BCUT2D eigenvalue weighted by Gasteiger charge is -2.18. The molecule has 15 heavy (non-hydrogen) atoms. The molecule has 2 rings (SSSR count). The first kappa shape index (κ1) is 10.3. The molecule has 3 heteroatoms. The molecule has 0 spiro atoms. The quantitative estimate of drug-likeness (QED) is 0.788. The van der Waals surface area contributed by atoms with Crippen LogP contribution >= 0.6 is 0 Å². The molecule has 1 aromatic rings. The number of ether oxygens (including phenoxy) is 1. The summed E-state index contributed by atoms with van der Waals surface area (Å²) < 4.78 is 5.33. The maximum atomic E-state index is 9.52. The summed E-state index contributed by atoms with van der Waals surface area (Å²) in [5, 5.41) is 12.7. The summed E-state index contributed by atoms with van der Waals surface area (Å²) in [4.78, 5) is 0. The monoisotopic (exact) mass is 207 g/mol. The molecule has 82 valence electrons. The number of phenolic OH excluding ortho intramolecular Hbond substituents is 1. The van der Waals surface area contributed by atoms with Crippen LogP contribution in [0, 0.1) is 0 Å². The zero-order valence-electron chi connectivity index (χ0n) is 9.21. The topological polar surface area (TPSA) is 41.5 Å². The van der Waals surface area contributed by atoms with Gasteiger partial charge in [-0.25, -0.2) is 0 Å². The summed E-state index contributed by atoms with van der Waals surface area (Å²) in [5.74, 6) is 1.19. The maximum absolute atomic E-state index is 9.52. The van der Waals surface area contributed by atoms with Gasteiger partial charge in [-0.3, -0.25) is 0 Å². The molecule has 0 radical (unpaired) electrons. The number of likely N-dealkylation sites (N-methyl/N-ethyl adjacent to an activating group) is 1. The SMILES string of the molecule is CNCC1(c2cc(O)ccc2OC)CC1. The van der Waals surface area contributed by atoms with Crippen molar-refractivity contribution in [1.82, 2.24) is 5.32 Å². The Bertz CT molecular complexity index is 359. The molecule has 0 saturated heterocycles. The first-order valence-electron chi connectivity index (χ1n) is 5.24. The molecule has 0 unspecified atom stereocenters. The van der Waals surface area contributed by atoms with E-state index in [1.54, 1.807) is 13.2 Å². The van der Waals surface area contributed by atoms with Crippen LogP contribution < -0.4 is 10.1 Å². The first-order chi connectivity index (χ1) is 7.22. The van der Waals surface area contributed by atoms with Gasteiger partial charge in [-0.15, -0.1) is 0 Å². The number of nitrogens with one attached hydrogen (secondary N) is 1. The molecule has 1 fully saturated rings. The van der Waals surface area contributed by atoms with Crippen molar-refractivity contribution >= 4 is 0 Å². The van der Waals surface area contributed by atoms with Crippen molar-refractivity contribution in [3.63, 3.8) is 0 Å². The Hall–Kier alpha value is -1.22. The summed E-state index contributed by atoms with van der Waals surface area (Å²) in [6.07, 6.45) is 2.32. The van der Waals surface area contributed by atoms with Crippen LogP contribution in [0.2, 0.25) is 0 Å². The van der Waals surface area contributed by atoms with Crippen LogP contribution in [0.1, 0.15) is 18.4 Å². The van der Waals surface area contributed by atoms with Gasteiger partial charge in [0.15, 0.2) is 0 Å². The second-order valence-corrected chi connectivity index (χ2v) is 4.20. The number of benzene rings is 1. The number of phenols is 1. The molecule has 0 amide bonds. The van der Waals surface area contributed by atoms with E-state index in [4.69, 9.17) is 4.74 Å². The van der Waals surface area contributed by atoms with Crippen LogP contribution in [0.15, 0.2) is 18.2 Å². The predicted octanol–water partition coefficient (Wildman–Crippen LogP) is 1.65. The molecule has 1 aliphatic rings. The molecular weight excluding hydrogens is 190 g/mol. The van der Waals surface area contributed by atoms with Crippen molar-refractivity contribution in [3.8, 4) is 11.5 Å². The van der Waals surface area contributed by atoms with Crippen molar-refractivity contribution in [2.75, 3.05) is 20.7 Å². The highest BCUT2D eigenvalue weighted by atomic mass is 16.5. The minimum atomic E-state index is 0.179. The van der Waals surface area contributed by atoms with E-state index in [-0.39, 0.29) is 5.41 Å². The Morgan fingerprint density at radius 3 is 2.73 bits per heavy atom. The van der Waals surface area contributed by atoms with Crippen LogP contribution in [0.3, 0.4) is 0 Å². The van der Waals surface area contributed by atoms with Crippen LogP contribution in [0.25, 0.3) is 0 Å². The fraction of sp³-hybridized carbons (Fsp3) is 0.500. The summed E-state index contributed by atoms with van der Waals surface area (Å²) in [7, 11) is 3.63. The third-order valence-electron chi connectivity index (χ3n) is 3.12. The molecule has 0 heterocycles. The highest BCUT2D eigenvalue weighted by Gasteiger charge is 2.45. The van der Waals surface area contributed by atoms with Crippen LogP contribution in [-0.4, -0.2) is 25.8 Å². The minimum absolute atomic E-state index is 0.179. The molecular formula is C12H17NO2. The molecule has 3 nitrogen and oxygen atoms in total. The van der Waals surface area contributed by atoms with E-state index in [0.29, 0.717) is 5.75 Å². The maximum Gasteiger partial charge on any atom is 0.122 e. The second-order valence-electron chi connectivity index (χ2n) is 4.20. The number of rotatable bonds is 4. The third-order valence-corrected chi connectivity index (χ3v) is 3.12. The second kappa shape index (κ2) is 3.74. The van der Waals surface area contributed by atoms with Crippen molar-refractivity contribution in [2.24, 2.45) is 0 Å². The lowest BCUT2D eigenvalue weighted by atomic mass is 9.94. The van der Waals surface area contributed by atoms with E-state index in [2.05, 4.69) is 5.32 Å². The van der Waals surface area contributed by atoms with Crippen LogP contribution in [0.5, 0.6) is 11.5 Å². The Balaban J connectivity index is 2.37. The van der Waals surface area contributed by atoms with E-state index in [0.717, 1.165) is 30.7 Å². The van der Waals surface area contributed by atoms with Gasteiger partial charge in [-0.1, -0.05) is 0 Å². The molecule has 0 aromatic heterocycles. The molecule has 0 atom stereocenters. The Labute approximate surface area is 90.1 Å². The normalized spacial score (nSPS) is 17.5. The highest BCUT2D eigenvalue weighted by molar-refractivity contribution is 5.47. The van der Waals surface area contributed by atoms with Gasteiger partial charge in [0.05, 0.1) is 7.11 Å².